The summed E-state index contributed by atoms with van der Waals surface area (Å²) in [6.07, 6.45) is 1.84. The molecule has 0 radical (unpaired) electrons. The van der Waals surface area contributed by atoms with Crippen LogP contribution < -0.4 is 0 Å². The van der Waals surface area contributed by atoms with Crippen molar-refractivity contribution in [2.45, 2.75) is 27.3 Å². The Morgan fingerprint density at radius 3 is 2.36 bits per heavy atom. The van der Waals surface area contributed by atoms with Gasteiger partial charge in [0.1, 0.15) is 0 Å². The number of carbonyl (C=O) groups is 2. The van der Waals surface area contributed by atoms with E-state index in [9.17, 15) is 9.59 Å². The molecule has 2 aromatic carbocycles. The Balaban J connectivity index is 1.90. The van der Waals surface area contributed by atoms with E-state index in [0.717, 1.165) is 38.5 Å². The number of benzene rings is 2. The third-order valence-electron chi connectivity index (χ3n) is 4.17. The number of thioether (sulfide) groups is 1. The first kappa shape index (κ1) is 18.0. The molecule has 2 aromatic rings. The number of carbonyl (C=O) groups excluding carboxylic acids is 2. The Bertz CT molecular complexity index is 881. The highest BCUT2D eigenvalue weighted by molar-refractivity contribution is 9.10. The van der Waals surface area contributed by atoms with Crippen LogP contribution in [-0.2, 0) is 11.3 Å². The Morgan fingerprint density at radius 1 is 1.08 bits per heavy atom. The lowest BCUT2D eigenvalue weighted by atomic mass is 9.99. The molecule has 1 fully saturated rings. The lowest BCUT2D eigenvalue weighted by Crippen LogP contribution is -2.27. The second kappa shape index (κ2) is 7.18. The summed E-state index contributed by atoms with van der Waals surface area (Å²) in [5.74, 6) is -0.231. The van der Waals surface area contributed by atoms with E-state index in [4.69, 9.17) is 0 Å². The SMILES string of the molecule is Cc1cc(C)c(/C=C2\SC(=O)N(Cc3ccccc3Br)C2=O)c(C)c1. The number of halogens is 1. The largest absolute Gasteiger partial charge is 0.293 e. The molecule has 1 aliphatic rings. The molecule has 1 heterocycles. The molecule has 3 rings (SSSR count). The van der Waals surface area contributed by atoms with Crippen LogP contribution in [0.4, 0.5) is 4.79 Å². The molecule has 0 unspecified atom stereocenters. The maximum atomic E-state index is 12.7. The van der Waals surface area contributed by atoms with Crippen LogP contribution in [0.25, 0.3) is 6.08 Å². The fourth-order valence-electron chi connectivity index (χ4n) is 2.98. The van der Waals surface area contributed by atoms with Gasteiger partial charge in [-0.3, -0.25) is 14.5 Å². The van der Waals surface area contributed by atoms with Crippen molar-refractivity contribution in [1.82, 2.24) is 4.90 Å². The zero-order chi connectivity index (χ0) is 18.1. The average Bonchev–Trinajstić information content (AvgIpc) is 2.80. The highest BCUT2D eigenvalue weighted by Crippen LogP contribution is 2.35. The van der Waals surface area contributed by atoms with Gasteiger partial charge in [-0.05, 0) is 66.9 Å². The van der Waals surface area contributed by atoms with E-state index in [-0.39, 0.29) is 17.7 Å². The molecule has 5 heteroatoms. The van der Waals surface area contributed by atoms with Crippen molar-refractivity contribution in [1.29, 1.82) is 0 Å². The van der Waals surface area contributed by atoms with E-state index in [0.29, 0.717) is 4.91 Å². The van der Waals surface area contributed by atoms with Crippen molar-refractivity contribution < 1.29 is 9.59 Å². The molecule has 128 valence electrons. The van der Waals surface area contributed by atoms with Gasteiger partial charge in [-0.15, -0.1) is 0 Å². The molecule has 0 N–H and O–H groups in total. The van der Waals surface area contributed by atoms with E-state index in [1.54, 1.807) is 0 Å². The van der Waals surface area contributed by atoms with Crippen LogP contribution in [0.5, 0.6) is 0 Å². The number of hydrogen-bond acceptors (Lipinski definition) is 3. The minimum atomic E-state index is -0.231. The molecular weight excluding hydrogens is 398 g/mol. The molecule has 2 amide bonds. The zero-order valence-corrected chi connectivity index (χ0v) is 16.7. The van der Waals surface area contributed by atoms with Gasteiger partial charge in [-0.1, -0.05) is 51.8 Å². The van der Waals surface area contributed by atoms with Crippen molar-refractivity contribution >= 4 is 44.9 Å². The second-order valence-electron chi connectivity index (χ2n) is 6.17. The Labute approximate surface area is 160 Å². The molecule has 1 aliphatic heterocycles. The summed E-state index contributed by atoms with van der Waals surface area (Å²) < 4.78 is 0.892. The van der Waals surface area contributed by atoms with Crippen molar-refractivity contribution in [2.75, 3.05) is 0 Å². The third-order valence-corrected chi connectivity index (χ3v) is 5.85. The Hall–Kier alpha value is -1.85. The van der Waals surface area contributed by atoms with Crippen LogP contribution >= 0.6 is 27.7 Å². The minimum Gasteiger partial charge on any atom is -0.268 e. The van der Waals surface area contributed by atoms with Crippen LogP contribution in [0.2, 0.25) is 0 Å². The molecule has 1 saturated heterocycles. The lowest BCUT2D eigenvalue weighted by molar-refractivity contribution is -0.123. The summed E-state index contributed by atoms with van der Waals surface area (Å²) >= 11 is 4.47. The van der Waals surface area contributed by atoms with E-state index in [2.05, 4.69) is 35.0 Å². The monoisotopic (exact) mass is 415 g/mol. The molecule has 0 aromatic heterocycles. The topological polar surface area (TPSA) is 37.4 Å². The highest BCUT2D eigenvalue weighted by atomic mass is 79.9. The average molecular weight is 416 g/mol. The summed E-state index contributed by atoms with van der Waals surface area (Å²) in [7, 11) is 0. The van der Waals surface area contributed by atoms with Crippen LogP contribution in [0.15, 0.2) is 45.8 Å². The Morgan fingerprint density at radius 2 is 1.72 bits per heavy atom. The number of hydrogen-bond donors (Lipinski definition) is 0. The maximum absolute atomic E-state index is 12.7. The van der Waals surface area contributed by atoms with Gasteiger partial charge in [0.2, 0.25) is 0 Å². The van der Waals surface area contributed by atoms with Gasteiger partial charge in [0.25, 0.3) is 11.1 Å². The quantitative estimate of drug-likeness (QED) is 0.611. The van der Waals surface area contributed by atoms with Gasteiger partial charge in [-0.2, -0.15) is 0 Å². The number of nitrogens with zero attached hydrogens (tertiary/aromatic N) is 1. The fourth-order valence-corrected chi connectivity index (χ4v) is 4.21. The van der Waals surface area contributed by atoms with E-state index < -0.39 is 0 Å². The van der Waals surface area contributed by atoms with Crippen molar-refractivity contribution in [3.05, 3.63) is 73.6 Å². The van der Waals surface area contributed by atoms with Gasteiger partial charge in [0.15, 0.2) is 0 Å². The molecule has 0 bridgehead atoms. The maximum Gasteiger partial charge on any atom is 0.293 e. The van der Waals surface area contributed by atoms with Crippen LogP contribution in [0.1, 0.15) is 27.8 Å². The summed E-state index contributed by atoms with van der Waals surface area (Å²) in [6.45, 7) is 6.37. The first-order chi connectivity index (χ1) is 11.9. The van der Waals surface area contributed by atoms with Crippen molar-refractivity contribution in [3.8, 4) is 0 Å². The third kappa shape index (κ3) is 3.72. The first-order valence-electron chi connectivity index (χ1n) is 7.93. The number of imide groups is 1. The molecule has 0 saturated carbocycles. The van der Waals surface area contributed by atoms with E-state index in [1.807, 2.05) is 44.2 Å². The zero-order valence-electron chi connectivity index (χ0n) is 14.3. The molecule has 0 atom stereocenters. The van der Waals surface area contributed by atoms with Crippen LogP contribution in [-0.4, -0.2) is 16.0 Å². The molecular formula is C20H18BrNO2S. The molecule has 0 spiro atoms. The summed E-state index contributed by atoms with van der Waals surface area (Å²) in [5, 5.41) is -0.227. The van der Waals surface area contributed by atoms with Gasteiger partial charge in [0, 0.05) is 4.47 Å². The molecule has 0 aliphatic carbocycles. The second-order valence-corrected chi connectivity index (χ2v) is 8.02. The van der Waals surface area contributed by atoms with Crippen molar-refractivity contribution in [3.63, 3.8) is 0 Å². The number of aryl methyl sites for hydroxylation is 3. The smallest absolute Gasteiger partial charge is 0.268 e. The molecule has 3 nitrogen and oxygen atoms in total. The standard InChI is InChI=1S/C20H18BrNO2S/c1-12-8-13(2)16(14(3)9-12)10-18-19(23)22(20(24)25-18)11-15-6-4-5-7-17(15)21/h4-10H,11H2,1-3H3/b18-10-. The van der Waals surface area contributed by atoms with E-state index >= 15 is 0 Å². The predicted molar refractivity (Wildman–Crippen MR) is 106 cm³/mol. The van der Waals surface area contributed by atoms with Gasteiger partial charge >= 0.3 is 0 Å². The fraction of sp³-hybridized carbons (Fsp3) is 0.200. The first-order valence-corrected chi connectivity index (χ1v) is 9.54. The summed E-state index contributed by atoms with van der Waals surface area (Å²) in [6, 6.07) is 11.8. The van der Waals surface area contributed by atoms with Gasteiger partial charge in [0.05, 0.1) is 11.4 Å². The van der Waals surface area contributed by atoms with E-state index in [1.165, 1.54) is 10.5 Å². The van der Waals surface area contributed by atoms with Gasteiger partial charge in [-0.25, -0.2) is 0 Å². The van der Waals surface area contributed by atoms with Crippen LogP contribution in [0, 0.1) is 20.8 Å². The number of amides is 2. The molecule has 25 heavy (non-hydrogen) atoms. The highest BCUT2D eigenvalue weighted by Gasteiger charge is 2.35. The summed E-state index contributed by atoms with van der Waals surface area (Å²) in [4.78, 5) is 26.8. The number of rotatable bonds is 3. The minimum absolute atomic E-state index is 0.227. The Kier molecular flexibility index (Phi) is 5.16. The normalized spacial score (nSPS) is 16.2. The summed E-state index contributed by atoms with van der Waals surface area (Å²) in [5.41, 5.74) is 5.32. The lowest BCUT2D eigenvalue weighted by Gasteiger charge is -2.13. The predicted octanol–water partition coefficient (Wildman–Crippen LogP) is 5.61. The van der Waals surface area contributed by atoms with Crippen LogP contribution in [0.3, 0.4) is 0 Å². The van der Waals surface area contributed by atoms with Gasteiger partial charge < -0.3 is 0 Å². The van der Waals surface area contributed by atoms with Crippen molar-refractivity contribution in [2.24, 2.45) is 0 Å².